The molecule has 0 bridgehead atoms. The Morgan fingerprint density at radius 3 is 2.58 bits per heavy atom. The molecule has 0 atom stereocenters. The third kappa shape index (κ3) is 4.37. The second-order valence-electron chi connectivity index (χ2n) is 7.87. The molecule has 6 nitrogen and oxygen atoms in total. The van der Waals surface area contributed by atoms with Gasteiger partial charge in [0, 0.05) is 24.5 Å². The van der Waals surface area contributed by atoms with Gasteiger partial charge in [-0.3, -0.25) is 4.79 Å². The summed E-state index contributed by atoms with van der Waals surface area (Å²) in [5.41, 5.74) is 5.90. The van der Waals surface area contributed by atoms with Crippen LogP contribution in [-0.2, 0) is 4.74 Å². The van der Waals surface area contributed by atoms with Crippen LogP contribution in [0.15, 0.2) is 63.1 Å². The molecule has 1 aliphatic carbocycles. The normalized spacial score (nSPS) is 18.2. The fourth-order valence-corrected chi connectivity index (χ4v) is 4.21. The molecule has 0 saturated carbocycles. The summed E-state index contributed by atoms with van der Waals surface area (Å²) < 4.78 is 6.88. The molecule has 1 aromatic carbocycles. The van der Waals surface area contributed by atoms with Crippen LogP contribution < -0.4 is 5.56 Å². The molecular formula is C25H26N4O2. The largest absolute Gasteiger partial charge is 0.378 e. The maximum Gasteiger partial charge on any atom is 0.289 e. The minimum atomic E-state index is -0.372. The van der Waals surface area contributed by atoms with Gasteiger partial charge in [0.1, 0.15) is 11.6 Å². The van der Waals surface area contributed by atoms with Crippen molar-refractivity contribution in [3.63, 3.8) is 0 Å². The number of nitrogens with zero attached hydrogens (tertiary/aromatic N) is 4. The summed E-state index contributed by atoms with van der Waals surface area (Å²) in [6.07, 6.45) is 5.82. The molecule has 0 unspecified atom stereocenters. The molecule has 0 amide bonds. The molecule has 2 heterocycles. The van der Waals surface area contributed by atoms with E-state index >= 15 is 0 Å². The van der Waals surface area contributed by atoms with E-state index in [-0.39, 0.29) is 11.1 Å². The Morgan fingerprint density at radius 2 is 1.87 bits per heavy atom. The minimum Gasteiger partial charge on any atom is -0.378 e. The SMILES string of the molecule is Cc1cc(C)n(/N=C\C2=C(N3CCOCC3)C(=Cc3ccccc3)CC2)c(=O)c1C#N. The van der Waals surface area contributed by atoms with Gasteiger partial charge in [-0.2, -0.15) is 10.4 Å². The van der Waals surface area contributed by atoms with Crippen LogP contribution in [0.3, 0.4) is 0 Å². The predicted molar refractivity (Wildman–Crippen MR) is 122 cm³/mol. The van der Waals surface area contributed by atoms with E-state index < -0.39 is 0 Å². The van der Waals surface area contributed by atoms with Gasteiger partial charge in [0.25, 0.3) is 5.56 Å². The summed E-state index contributed by atoms with van der Waals surface area (Å²) in [5.74, 6) is 0. The highest BCUT2D eigenvalue weighted by Crippen LogP contribution is 2.35. The van der Waals surface area contributed by atoms with Crippen molar-refractivity contribution >= 4 is 12.3 Å². The third-order valence-corrected chi connectivity index (χ3v) is 5.74. The van der Waals surface area contributed by atoms with Gasteiger partial charge in [-0.25, -0.2) is 4.68 Å². The first-order valence-electron chi connectivity index (χ1n) is 10.6. The summed E-state index contributed by atoms with van der Waals surface area (Å²) in [6, 6.07) is 14.1. The van der Waals surface area contributed by atoms with E-state index in [4.69, 9.17) is 4.74 Å². The van der Waals surface area contributed by atoms with Crippen LogP contribution in [0.5, 0.6) is 0 Å². The smallest absolute Gasteiger partial charge is 0.289 e. The highest BCUT2D eigenvalue weighted by Gasteiger charge is 2.25. The first kappa shape index (κ1) is 20.8. The number of allylic oxidation sites excluding steroid dienone is 2. The van der Waals surface area contributed by atoms with Crippen LogP contribution in [0.2, 0.25) is 0 Å². The summed E-state index contributed by atoms with van der Waals surface area (Å²) in [4.78, 5) is 15.1. The fourth-order valence-electron chi connectivity index (χ4n) is 4.21. The van der Waals surface area contributed by atoms with Crippen LogP contribution in [0.25, 0.3) is 6.08 Å². The molecular weight excluding hydrogens is 388 g/mol. The Balaban J connectivity index is 1.76. The molecule has 1 saturated heterocycles. The molecule has 31 heavy (non-hydrogen) atoms. The van der Waals surface area contributed by atoms with E-state index in [2.05, 4.69) is 28.2 Å². The second kappa shape index (κ2) is 9.15. The lowest BCUT2D eigenvalue weighted by Crippen LogP contribution is -2.36. The predicted octanol–water partition coefficient (Wildman–Crippen LogP) is 3.63. The van der Waals surface area contributed by atoms with Crippen molar-refractivity contribution in [3.05, 3.63) is 86.0 Å². The molecule has 0 N–H and O–H groups in total. The van der Waals surface area contributed by atoms with Gasteiger partial charge < -0.3 is 9.64 Å². The lowest BCUT2D eigenvalue weighted by molar-refractivity contribution is 0.0548. The molecule has 0 spiro atoms. The minimum absolute atomic E-state index is 0.140. The van der Waals surface area contributed by atoms with E-state index in [0.29, 0.717) is 24.5 Å². The van der Waals surface area contributed by atoms with Crippen LogP contribution in [0.1, 0.15) is 35.2 Å². The van der Waals surface area contributed by atoms with Crippen LogP contribution in [0, 0.1) is 25.2 Å². The number of aryl methyl sites for hydroxylation is 2. The Labute approximate surface area is 182 Å². The van der Waals surface area contributed by atoms with Gasteiger partial charge in [-0.15, -0.1) is 0 Å². The Morgan fingerprint density at radius 1 is 1.13 bits per heavy atom. The number of hydrogen-bond acceptors (Lipinski definition) is 5. The fraction of sp³-hybridized carbons (Fsp3) is 0.320. The van der Waals surface area contributed by atoms with E-state index in [1.54, 1.807) is 13.1 Å². The van der Waals surface area contributed by atoms with E-state index in [1.165, 1.54) is 21.5 Å². The van der Waals surface area contributed by atoms with Gasteiger partial charge in [-0.1, -0.05) is 30.3 Å². The van der Waals surface area contributed by atoms with E-state index in [9.17, 15) is 10.1 Å². The number of nitriles is 1. The summed E-state index contributed by atoms with van der Waals surface area (Å²) in [7, 11) is 0. The average Bonchev–Trinajstić information content (AvgIpc) is 3.17. The molecule has 1 aliphatic heterocycles. The lowest BCUT2D eigenvalue weighted by Gasteiger charge is -2.31. The number of ether oxygens (including phenoxy) is 1. The molecule has 2 aliphatic rings. The number of rotatable bonds is 4. The first-order chi connectivity index (χ1) is 15.1. The highest BCUT2D eigenvalue weighted by atomic mass is 16.5. The molecule has 158 valence electrons. The summed E-state index contributed by atoms with van der Waals surface area (Å²) in [6.45, 7) is 6.68. The Bertz CT molecular complexity index is 1160. The maximum absolute atomic E-state index is 12.7. The zero-order valence-corrected chi connectivity index (χ0v) is 18.0. The van der Waals surface area contributed by atoms with Crippen molar-refractivity contribution < 1.29 is 4.74 Å². The second-order valence-corrected chi connectivity index (χ2v) is 7.87. The molecule has 4 rings (SSSR count). The molecule has 1 fully saturated rings. The van der Waals surface area contributed by atoms with Crippen LogP contribution in [-0.4, -0.2) is 42.1 Å². The van der Waals surface area contributed by atoms with Crippen molar-refractivity contribution in [2.45, 2.75) is 26.7 Å². The summed E-state index contributed by atoms with van der Waals surface area (Å²) in [5, 5.41) is 13.8. The molecule has 1 aromatic heterocycles. The number of morpholine rings is 1. The van der Waals surface area contributed by atoms with Crippen molar-refractivity contribution in [3.8, 4) is 6.07 Å². The highest BCUT2D eigenvalue weighted by molar-refractivity contribution is 5.83. The quantitative estimate of drug-likeness (QED) is 0.717. The molecule has 2 aromatic rings. The molecule has 0 radical (unpaired) electrons. The lowest BCUT2D eigenvalue weighted by atomic mass is 10.1. The van der Waals surface area contributed by atoms with Crippen molar-refractivity contribution in [1.29, 1.82) is 5.26 Å². The average molecular weight is 415 g/mol. The number of pyridine rings is 1. The number of hydrogen-bond donors (Lipinski definition) is 0. The van der Waals surface area contributed by atoms with Crippen LogP contribution in [0.4, 0.5) is 0 Å². The Kier molecular flexibility index (Phi) is 6.15. The third-order valence-electron chi connectivity index (χ3n) is 5.74. The van der Waals surface area contributed by atoms with Gasteiger partial charge in [0.05, 0.1) is 19.4 Å². The van der Waals surface area contributed by atoms with Crippen molar-refractivity contribution in [1.82, 2.24) is 9.58 Å². The van der Waals surface area contributed by atoms with E-state index in [0.717, 1.165) is 31.5 Å². The number of benzene rings is 1. The molecule has 6 heteroatoms. The standard InChI is InChI=1S/C25H26N4O2/c1-18-14-19(2)29(25(30)23(18)16-26)27-17-22-9-8-21(15-20-6-4-3-5-7-20)24(22)28-10-12-31-13-11-28/h3-7,14-15,17H,8-13H2,1-2H3/b21-15?,27-17-. The van der Waals surface area contributed by atoms with Crippen LogP contribution >= 0.6 is 0 Å². The van der Waals surface area contributed by atoms with E-state index in [1.807, 2.05) is 37.3 Å². The van der Waals surface area contributed by atoms with Gasteiger partial charge in [0.2, 0.25) is 0 Å². The monoisotopic (exact) mass is 414 g/mol. The maximum atomic E-state index is 12.7. The van der Waals surface area contributed by atoms with Gasteiger partial charge in [-0.05, 0) is 61.1 Å². The first-order valence-corrected chi connectivity index (χ1v) is 10.6. The zero-order chi connectivity index (χ0) is 21.8. The van der Waals surface area contributed by atoms with Gasteiger partial charge >= 0.3 is 0 Å². The Hall–Kier alpha value is -3.43. The number of aromatic nitrogens is 1. The van der Waals surface area contributed by atoms with Crippen molar-refractivity contribution in [2.75, 3.05) is 26.3 Å². The topological polar surface area (TPSA) is 70.6 Å². The van der Waals surface area contributed by atoms with Gasteiger partial charge in [0.15, 0.2) is 0 Å². The summed E-state index contributed by atoms with van der Waals surface area (Å²) >= 11 is 0. The van der Waals surface area contributed by atoms with Crippen molar-refractivity contribution in [2.24, 2.45) is 5.10 Å². The zero-order valence-electron chi connectivity index (χ0n) is 18.0.